The van der Waals surface area contributed by atoms with Crippen LogP contribution >= 0.6 is 31.9 Å². The highest BCUT2D eigenvalue weighted by Gasteiger charge is 2.78. The highest BCUT2D eigenvalue weighted by molar-refractivity contribution is 9.10. The second-order valence-electron chi connectivity index (χ2n) is 5.53. The van der Waals surface area contributed by atoms with Crippen LogP contribution in [0.4, 0.5) is 0 Å². The van der Waals surface area contributed by atoms with Gasteiger partial charge in [0.2, 0.25) is 0 Å². The molecular weight excluding hydrogens is 352 g/mol. The average molecular weight is 368 g/mol. The van der Waals surface area contributed by atoms with Gasteiger partial charge in [0, 0.05) is 10.7 Å². The number of ether oxygens (including phenoxy) is 1. The van der Waals surface area contributed by atoms with E-state index in [1.165, 1.54) is 7.11 Å². The fourth-order valence-electron chi connectivity index (χ4n) is 3.75. The molecule has 0 spiro atoms. The van der Waals surface area contributed by atoms with Gasteiger partial charge in [-0.2, -0.15) is 0 Å². The molecule has 2 bridgehead atoms. The standard InChI is InChI=1S/C12H16Br2O3/c1-10(2)11(6-13)4-5-12(10,9(16)17-3)7(14)8(11)15/h7H,4-6H2,1-3H3/t7-,11-,12+/m1/s1. The third-order valence-electron chi connectivity index (χ3n) is 5.17. The van der Waals surface area contributed by atoms with Crippen LogP contribution in [0.5, 0.6) is 0 Å². The fourth-order valence-corrected chi connectivity index (χ4v) is 6.43. The first-order valence-electron chi connectivity index (χ1n) is 5.64. The molecule has 0 aromatic carbocycles. The highest BCUT2D eigenvalue weighted by Crippen LogP contribution is 2.72. The minimum Gasteiger partial charge on any atom is -0.469 e. The van der Waals surface area contributed by atoms with E-state index < -0.39 is 15.7 Å². The van der Waals surface area contributed by atoms with E-state index in [1.54, 1.807) is 0 Å². The Labute approximate surface area is 118 Å². The third kappa shape index (κ3) is 1.18. The summed E-state index contributed by atoms with van der Waals surface area (Å²) in [5, 5.41) is 0.604. The number of hydrogen-bond acceptors (Lipinski definition) is 3. The monoisotopic (exact) mass is 366 g/mol. The first-order valence-corrected chi connectivity index (χ1v) is 7.68. The number of methoxy groups -OCH3 is 1. The summed E-state index contributed by atoms with van der Waals surface area (Å²) in [5.74, 6) is -0.130. The van der Waals surface area contributed by atoms with Crippen LogP contribution in [0.25, 0.3) is 0 Å². The van der Waals surface area contributed by atoms with Gasteiger partial charge in [0.1, 0.15) is 0 Å². The van der Waals surface area contributed by atoms with Gasteiger partial charge in [-0.1, -0.05) is 45.7 Å². The summed E-state index contributed by atoms with van der Waals surface area (Å²) in [6, 6.07) is 0. The summed E-state index contributed by atoms with van der Waals surface area (Å²) in [6.45, 7) is 4.02. The molecule has 3 nitrogen and oxygen atoms in total. The molecule has 0 aromatic heterocycles. The topological polar surface area (TPSA) is 43.4 Å². The predicted molar refractivity (Wildman–Crippen MR) is 71.4 cm³/mol. The molecule has 0 aliphatic heterocycles. The quantitative estimate of drug-likeness (QED) is 0.556. The van der Waals surface area contributed by atoms with Crippen molar-refractivity contribution in [2.75, 3.05) is 12.4 Å². The van der Waals surface area contributed by atoms with Crippen molar-refractivity contribution in [3.05, 3.63) is 0 Å². The minimum atomic E-state index is -0.716. The summed E-state index contributed by atoms with van der Waals surface area (Å²) < 4.78 is 4.96. The van der Waals surface area contributed by atoms with E-state index in [1.807, 2.05) is 13.8 Å². The fraction of sp³-hybridized carbons (Fsp3) is 0.833. The van der Waals surface area contributed by atoms with Crippen molar-refractivity contribution in [2.24, 2.45) is 16.2 Å². The molecule has 2 aliphatic rings. The van der Waals surface area contributed by atoms with Crippen molar-refractivity contribution >= 4 is 43.6 Å². The molecule has 0 saturated heterocycles. The number of hydrogen-bond donors (Lipinski definition) is 0. The van der Waals surface area contributed by atoms with Gasteiger partial charge in [-0.05, 0) is 18.3 Å². The summed E-state index contributed by atoms with van der Waals surface area (Å²) in [6.07, 6.45) is 1.46. The van der Waals surface area contributed by atoms with Crippen molar-refractivity contribution in [1.29, 1.82) is 0 Å². The summed E-state index contributed by atoms with van der Waals surface area (Å²) in [4.78, 5) is 24.3. The van der Waals surface area contributed by atoms with Gasteiger partial charge in [0.25, 0.3) is 0 Å². The summed E-state index contributed by atoms with van der Waals surface area (Å²) in [7, 11) is 1.39. The van der Waals surface area contributed by atoms with E-state index in [-0.39, 0.29) is 17.2 Å². The molecule has 0 N–H and O–H groups in total. The van der Waals surface area contributed by atoms with E-state index in [2.05, 4.69) is 31.9 Å². The maximum Gasteiger partial charge on any atom is 0.313 e. The third-order valence-corrected chi connectivity index (χ3v) is 7.32. The molecule has 3 atom stereocenters. The predicted octanol–water partition coefficient (Wildman–Crippen LogP) is 2.69. The van der Waals surface area contributed by atoms with Crippen molar-refractivity contribution in [1.82, 2.24) is 0 Å². The Balaban J connectivity index is 2.63. The number of Topliss-reactive ketones (excluding diaryl/α,β-unsaturated/α-hetero) is 1. The van der Waals surface area contributed by atoms with E-state index in [0.717, 1.165) is 6.42 Å². The highest BCUT2D eigenvalue weighted by atomic mass is 79.9. The maximum atomic E-state index is 12.5. The lowest BCUT2D eigenvalue weighted by Crippen LogP contribution is -2.45. The molecule has 0 radical (unpaired) electrons. The Morgan fingerprint density at radius 1 is 1.47 bits per heavy atom. The molecule has 96 valence electrons. The number of carbonyl (C=O) groups excluding carboxylic acids is 2. The van der Waals surface area contributed by atoms with Crippen molar-refractivity contribution < 1.29 is 14.3 Å². The Kier molecular flexibility index (Phi) is 3.02. The number of ketones is 1. The van der Waals surface area contributed by atoms with Crippen LogP contribution in [0.15, 0.2) is 0 Å². The first kappa shape index (κ1) is 13.5. The van der Waals surface area contributed by atoms with E-state index in [0.29, 0.717) is 11.8 Å². The zero-order valence-corrected chi connectivity index (χ0v) is 13.4. The van der Waals surface area contributed by atoms with Gasteiger partial charge in [-0.3, -0.25) is 9.59 Å². The largest absolute Gasteiger partial charge is 0.469 e. The number of fused-ring (bicyclic) bond motifs is 2. The number of esters is 1. The number of halogens is 2. The molecule has 2 aliphatic carbocycles. The van der Waals surface area contributed by atoms with Crippen LogP contribution in [0.1, 0.15) is 26.7 Å². The van der Waals surface area contributed by atoms with Gasteiger partial charge in [0.15, 0.2) is 5.78 Å². The second-order valence-corrected chi connectivity index (χ2v) is 7.01. The molecule has 0 unspecified atom stereocenters. The number of rotatable bonds is 2. The maximum absolute atomic E-state index is 12.5. The van der Waals surface area contributed by atoms with Crippen molar-refractivity contribution in [3.8, 4) is 0 Å². The van der Waals surface area contributed by atoms with E-state index in [4.69, 9.17) is 4.74 Å². The van der Waals surface area contributed by atoms with Gasteiger partial charge >= 0.3 is 5.97 Å². The Hall–Kier alpha value is 0.1000. The van der Waals surface area contributed by atoms with Crippen molar-refractivity contribution in [3.63, 3.8) is 0 Å². The normalized spacial score (nSPS) is 42.9. The zero-order chi connectivity index (χ0) is 13.1. The molecular formula is C12H16Br2O3. The van der Waals surface area contributed by atoms with Gasteiger partial charge in [-0.15, -0.1) is 0 Å². The Bertz CT molecular complexity index is 393. The molecule has 0 amide bonds. The van der Waals surface area contributed by atoms with Crippen LogP contribution in [0.2, 0.25) is 0 Å². The first-order chi connectivity index (χ1) is 7.81. The zero-order valence-electron chi connectivity index (χ0n) is 10.2. The molecule has 17 heavy (non-hydrogen) atoms. The smallest absolute Gasteiger partial charge is 0.313 e. The van der Waals surface area contributed by atoms with Gasteiger partial charge < -0.3 is 4.74 Å². The molecule has 2 rings (SSSR count). The van der Waals surface area contributed by atoms with Gasteiger partial charge in [-0.25, -0.2) is 0 Å². The lowest BCUT2D eigenvalue weighted by molar-refractivity contribution is -0.157. The molecule has 0 aromatic rings. The SMILES string of the molecule is COC(=O)[C@]12CC[C@@](CBr)(C(=O)[C@H]1Br)C2(C)C. The van der Waals surface area contributed by atoms with Crippen LogP contribution in [0, 0.1) is 16.2 Å². The Morgan fingerprint density at radius 2 is 2.06 bits per heavy atom. The van der Waals surface area contributed by atoms with Gasteiger partial charge in [0.05, 0.1) is 17.4 Å². The number of carbonyl (C=O) groups is 2. The lowest BCUT2D eigenvalue weighted by Gasteiger charge is -2.39. The second kappa shape index (κ2) is 3.80. The summed E-state index contributed by atoms with van der Waals surface area (Å²) >= 11 is 6.90. The molecule has 5 heteroatoms. The minimum absolute atomic E-state index is 0.135. The average Bonchev–Trinajstić information content (AvgIpc) is 2.61. The lowest BCUT2D eigenvalue weighted by atomic mass is 9.65. The molecule has 2 fully saturated rings. The van der Waals surface area contributed by atoms with Crippen LogP contribution in [-0.2, 0) is 14.3 Å². The van der Waals surface area contributed by atoms with E-state index in [9.17, 15) is 9.59 Å². The molecule has 0 heterocycles. The van der Waals surface area contributed by atoms with Crippen molar-refractivity contribution in [2.45, 2.75) is 31.5 Å². The Morgan fingerprint density at radius 3 is 2.47 bits per heavy atom. The van der Waals surface area contributed by atoms with Crippen LogP contribution in [-0.4, -0.2) is 29.0 Å². The number of alkyl halides is 2. The molecule has 2 saturated carbocycles. The summed E-state index contributed by atoms with van der Waals surface area (Å²) in [5.41, 5.74) is -1.55. The van der Waals surface area contributed by atoms with E-state index >= 15 is 0 Å². The van der Waals surface area contributed by atoms with Crippen LogP contribution < -0.4 is 0 Å². The van der Waals surface area contributed by atoms with Crippen LogP contribution in [0.3, 0.4) is 0 Å².